The van der Waals surface area contributed by atoms with Crippen LogP contribution in [0.5, 0.6) is 0 Å². The van der Waals surface area contributed by atoms with Crippen molar-refractivity contribution in [3.05, 3.63) is 59.2 Å². The molecule has 0 spiro atoms. The highest BCUT2D eigenvalue weighted by atomic mass is 32.2. The number of sulfone groups is 1. The molecule has 0 bridgehead atoms. The van der Waals surface area contributed by atoms with Crippen molar-refractivity contribution >= 4 is 21.6 Å². The van der Waals surface area contributed by atoms with Crippen LogP contribution < -0.4 is 0 Å². The Kier molecular flexibility index (Phi) is 5.10. The summed E-state index contributed by atoms with van der Waals surface area (Å²) in [5, 5.41) is 0. The van der Waals surface area contributed by atoms with Crippen LogP contribution in [0, 0.1) is 6.92 Å². The molecular formula is C16H15F3O2S2. The summed E-state index contributed by atoms with van der Waals surface area (Å²) in [6, 6.07) is 11.1. The average Bonchev–Trinajstić information content (AvgIpc) is 2.35. The lowest BCUT2D eigenvalue weighted by molar-refractivity contribution is -0.0328. The van der Waals surface area contributed by atoms with Crippen LogP contribution in [0.25, 0.3) is 0 Å². The second kappa shape index (κ2) is 6.57. The SMILES string of the molecule is Cc1cc(Cc2cccc(SC(F)(F)F)c2)cc(S(C)(=O)=O)c1. The topological polar surface area (TPSA) is 34.1 Å². The first kappa shape index (κ1) is 17.9. The lowest BCUT2D eigenvalue weighted by Crippen LogP contribution is -2.01. The second-order valence-corrected chi connectivity index (χ2v) is 8.45. The summed E-state index contributed by atoms with van der Waals surface area (Å²) in [4.78, 5) is 0.333. The van der Waals surface area contributed by atoms with Gasteiger partial charge >= 0.3 is 5.51 Å². The number of alkyl halides is 3. The summed E-state index contributed by atoms with van der Waals surface area (Å²) in [6.45, 7) is 1.79. The predicted molar refractivity (Wildman–Crippen MR) is 85.4 cm³/mol. The Morgan fingerprint density at radius 2 is 1.74 bits per heavy atom. The van der Waals surface area contributed by atoms with Gasteiger partial charge in [-0.05, 0) is 66.1 Å². The van der Waals surface area contributed by atoms with Gasteiger partial charge in [-0.25, -0.2) is 8.42 Å². The van der Waals surface area contributed by atoms with Gasteiger partial charge in [0.1, 0.15) is 0 Å². The van der Waals surface area contributed by atoms with Gasteiger partial charge in [-0.3, -0.25) is 0 Å². The highest BCUT2D eigenvalue weighted by Gasteiger charge is 2.29. The van der Waals surface area contributed by atoms with E-state index >= 15 is 0 Å². The van der Waals surface area contributed by atoms with Crippen LogP contribution in [0.4, 0.5) is 13.2 Å². The molecule has 0 aliphatic heterocycles. The van der Waals surface area contributed by atoms with Crippen LogP contribution >= 0.6 is 11.8 Å². The molecule has 0 unspecified atom stereocenters. The Balaban J connectivity index is 2.29. The van der Waals surface area contributed by atoms with Gasteiger partial charge in [0, 0.05) is 11.2 Å². The molecule has 0 N–H and O–H groups in total. The number of hydrogen-bond acceptors (Lipinski definition) is 3. The van der Waals surface area contributed by atoms with Crippen molar-refractivity contribution in [2.24, 2.45) is 0 Å². The Labute approximate surface area is 137 Å². The maximum absolute atomic E-state index is 12.4. The zero-order valence-electron chi connectivity index (χ0n) is 12.5. The van der Waals surface area contributed by atoms with E-state index in [0.29, 0.717) is 12.0 Å². The molecule has 0 heterocycles. The van der Waals surface area contributed by atoms with Crippen LogP contribution in [0.15, 0.2) is 52.3 Å². The molecule has 0 aromatic heterocycles. The van der Waals surface area contributed by atoms with Gasteiger partial charge < -0.3 is 0 Å². The minimum absolute atomic E-state index is 0.117. The maximum atomic E-state index is 12.4. The summed E-state index contributed by atoms with van der Waals surface area (Å²) in [5.41, 5.74) is -2.08. The Bertz CT molecular complexity index is 812. The molecular weight excluding hydrogens is 345 g/mol. The normalized spacial score (nSPS) is 12.4. The van der Waals surface area contributed by atoms with Crippen LogP contribution in [0.2, 0.25) is 0 Å². The molecule has 0 aliphatic carbocycles. The summed E-state index contributed by atoms with van der Waals surface area (Å²) >= 11 is -0.160. The van der Waals surface area contributed by atoms with Gasteiger partial charge in [0.25, 0.3) is 0 Å². The van der Waals surface area contributed by atoms with E-state index in [0.717, 1.165) is 17.4 Å². The van der Waals surface area contributed by atoms with E-state index in [1.54, 1.807) is 31.2 Å². The molecule has 0 aliphatic rings. The quantitative estimate of drug-likeness (QED) is 0.747. The molecule has 2 aromatic carbocycles. The first-order valence-electron chi connectivity index (χ1n) is 6.68. The standard InChI is InChI=1S/C16H15F3O2S2/c1-11-6-13(10-15(7-11)23(2,20)21)8-12-4-3-5-14(9-12)22-16(17,18)19/h3-7,9-10H,8H2,1-2H3. The largest absolute Gasteiger partial charge is 0.446 e. The van der Waals surface area contributed by atoms with Crippen LogP contribution in [0.1, 0.15) is 16.7 Å². The molecule has 0 saturated carbocycles. The lowest BCUT2D eigenvalue weighted by Gasteiger charge is -2.09. The van der Waals surface area contributed by atoms with Gasteiger partial charge in [-0.15, -0.1) is 0 Å². The Hall–Kier alpha value is -1.47. The molecule has 0 amide bonds. The molecule has 0 saturated heterocycles. The van der Waals surface area contributed by atoms with Crippen molar-refractivity contribution in [2.75, 3.05) is 6.26 Å². The smallest absolute Gasteiger partial charge is 0.224 e. The van der Waals surface area contributed by atoms with Crippen molar-refractivity contribution in [1.82, 2.24) is 0 Å². The van der Waals surface area contributed by atoms with Gasteiger partial charge in [0.2, 0.25) is 0 Å². The minimum atomic E-state index is -4.33. The summed E-state index contributed by atoms with van der Waals surface area (Å²) in [5.74, 6) is 0. The van der Waals surface area contributed by atoms with Crippen molar-refractivity contribution in [1.29, 1.82) is 0 Å². The molecule has 23 heavy (non-hydrogen) atoms. The van der Waals surface area contributed by atoms with E-state index in [4.69, 9.17) is 0 Å². The van der Waals surface area contributed by atoms with Gasteiger partial charge in [0.15, 0.2) is 9.84 Å². The predicted octanol–water partition coefficient (Wildman–Crippen LogP) is 4.60. The van der Waals surface area contributed by atoms with Crippen LogP contribution in [-0.4, -0.2) is 20.2 Å². The third-order valence-corrected chi connectivity index (χ3v) is 4.89. The van der Waals surface area contributed by atoms with E-state index in [1.165, 1.54) is 12.1 Å². The summed E-state index contributed by atoms with van der Waals surface area (Å²) < 4.78 is 60.6. The first-order chi connectivity index (χ1) is 10.5. The van der Waals surface area contributed by atoms with E-state index in [2.05, 4.69) is 0 Å². The third kappa shape index (κ3) is 5.58. The minimum Gasteiger partial charge on any atom is -0.224 e. The zero-order valence-corrected chi connectivity index (χ0v) is 14.1. The van der Waals surface area contributed by atoms with Crippen molar-refractivity contribution in [3.63, 3.8) is 0 Å². The molecule has 0 atom stereocenters. The molecule has 0 radical (unpaired) electrons. The molecule has 2 nitrogen and oxygen atoms in total. The maximum Gasteiger partial charge on any atom is 0.446 e. The molecule has 124 valence electrons. The van der Waals surface area contributed by atoms with Gasteiger partial charge in [-0.2, -0.15) is 13.2 Å². The number of aryl methyl sites for hydroxylation is 1. The molecule has 0 fully saturated rings. The number of benzene rings is 2. The zero-order chi connectivity index (χ0) is 17.3. The van der Waals surface area contributed by atoms with Crippen molar-refractivity contribution in [3.8, 4) is 0 Å². The molecule has 2 aromatic rings. The highest BCUT2D eigenvalue weighted by Crippen LogP contribution is 2.37. The van der Waals surface area contributed by atoms with Crippen molar-refractivity contribution < 1.29 is 21.6 Å². The fourth-order valence-corrected chi connectivity index (χ4v) is 3.62. The van der Waals surface area contributed by atoms with E-state index < -0.39 is 15.3 Å². The van der Waals surface area contributed by atoms with E-state index in [1.807, 2.05) is 6.07 Å². The van der Waals surface area contributed by atoms with Crippen molar-refractivity contribution in [2.45, 2.75) is 28.6 Å². The lowest BCUT2D eigenvalue weighted by atomic mass is 10.0. The average molecular weight is 360 g/mol. The molecule has 7 heteroatoms. The fraction of sp³-hybridized carbons (Fsp3) is 0.250. The molecule has 2 rings (SSSR count). The highest BCUT2D eigenvalue weighted by molar-refractivity contribution is 8.00. The van der Waals surface area contributed by atoms with Crippen LogP contribution in [-0.2, 0) is 16.3 Å². The third-order valence-electron chi connectivity index (χ3n) is 3.08. The Morgan fingerprint density at radius 3 is 2.35 bits per heavy atom. The number of thioether (sulfide) groups is 1. The van der Waals surface area contributed by atoms with E-state index in [9.17, 15) is 21.6 Å². The summed E-state index contributed by atoms with van der Waals surface area (Å²) in [6.07, 6.45) is 1.50. The summed E-state index contributed by atoms with van der Waals surface area (Å²) in [7, 11) is -3.33. The number of rotatable bonds is 4. The van der Waals surface area contributed by atoms with Gasteiger partial charge in [0.05, 0.1) is 4.90 Å². The monoisotopic (exact) mass is 360 g/mol. The second-order valence-electron chi connectivity index (χ2n) is 5.30. The van der Waals surface area contributed by atoms with Crippen LogP contribution in [0.3, 0.4) is 0 Å². The van der Waals surface area contributed by atoms with Gasteiger partial charge in [-0.1, -0.05) is 18.2 Å². The number of hydrogen-bond donors (Lipinski definition) is 0. The fourth-order valence-electron chi connectivity index (χ4n) is 2.23. The van der Waals surface area contributed by atoms with E-state index in [-0.39, 0.29) is 21.6 Å². The Morgan fingerprint density at radius 1 is 1.04 bits per heavy atom. The first-order valence-corrected chi connectivity index (χ1v) is 9.39. The number of halogens is 3.